The highest BCUT2D eigenvalue weighted by Gasteiger charge is 2.20. The number of pyridine rings is 1. The predicted octanol–water partition coefficient (Wildman–Crippen LogP) is 6.09. The molecular weight excluding hydrogens is 540 g/mol. The van der Waals surface area contributed by atoms with E-state index in [9.17, 15) is 9.59 Å². The number of hydrogen-bond donors (Lipinski definition) is 1. The average Bonchev–Trinajstić information content (AvgIpc) is 3.63. The summed E-state index contributed by atoms with van der Waals surface area (Å²) in [7, 11) is 0. The maximum absolute atomic E-state index is 13.5. The van der Waals surface area contributed by atoms with Crippen molar-refractivity contribution in [2.45, 2.75) is 19.4 Å². The number of primary amides is 1. The number of rotatable bonds is 10. The van der Waals surface area contributed by atoms with Crippen LogP contribution in [0.25, 0.3) is 21.7 Å². The Kier molecular flexibility index (Phi) is 7.59. The van der Waals surface area contributed by atoms with Crippen LogP contribution in [0.5, 0.6) is 17.2 Å². The van der Waals surface area contributed by atoms with Crippen LogP contribution in [0.1, 0.15) is 33.6 Å². The fourth-order valence-electron chi connectivity index (χ4n) is 5.32. The van der Waals surface area contributed by atoms with E-state index in [4.69, 9.17) is 26.8 Å². The van der Waals surface area contributed by atoms with Gasteiger partial charge in [0.15, 0.2) is 6.61 Å². The first-order valence-corrected chi connectivity index (χ1v) is 13.9. The van der Waals surface area contributed by atoms with Crippen molar-refractivity contribution in [2.24, 2.45) is 5.73 Å². The number of Topliss-reactive ketones (excluding diaryl/α,β-unsaturated/α-hetero) is 1. The predicted molar refractivity (Wildman–Crippen MR) is 159 cm³/mol. The molecule has 6 rings (SSSR count). The second kappa shape index (κ2) is 11.6. The van der Waals surface area contributed by atoms with Gasteiger partial charge in [0, 0.05) is 47.5 Å². The third kappa shape index (κ3) is 5.89. The van der Waals surface area contributed by atoms with Crippen molar-refractivity contribution in [2.75, 3.05) is 26.2 Å². The molecule has 0 atom stereocenters. The zero-order chi connectivity index (χ0) is 28.3. The second-order valence-corrected chi connectivity index (χ2v) is 10.6. The topological polar surface area (TPSA) is 99.7 Å². The Morgan fingerprint density at radius 1 is 0.927 bits per heavy atom. The van der Waals surface area contributed by atoms with Gasteiger partial charge in [0.1, 0.15) is 17.2 Å². The number of fused-ring (bicyclic) bond motifs is 2. The van der Waals surface area contributed by atoms with Crippen LogP contribution in [0.3, 0.4) is 0 Å². The number of aromatic nitrogens is 2. The number of amides is 1. The minimum Gasteiger partial charge on any atom is -0.485 e. The van der Waals surface area contributed by atoms with Crippen molar-refractivity contribution < 1.29 is 19.1 Å². The van der Waals surface area contributed by atoms with Crippen LogP contribution in [0.15, 0.2) is 79.3 Å². The third-order valence-corrected chi connectivity index (χ3v) is 7.64. The number of benzene rings is 3. The minimum atomic E-state index is -0.644. The molecule has 1 aliphatic heterocycles. The Bertz CT molecular complexity index is 1750. The quantitative estimate of drug-likeness (QED) is 0.205. The number of likely N-dealkylation sites (tertiary alicyclic amines) is 1. The molecule has 0 spiro atoms. The van der Waals surface area contributed by atoms with Crippen LogP contribution >= 0.6 is 11.6 Å². The fraction of sp³-hybridized carbons (Fsp3) is 0.219. The van der Waals surface area contributed by atoms with Gasteiger partial charge in [0.25, 0.3) is 5.91 Å². The van der Waals surface area contributed by atoms with Gasteiger partial charge in [-0.3, -0.25) is 14.6 Å². The van der Waals surface area contributed by atoms with E-state index in [1.165, 1.54) is 12.8 Å². The Morgan fingerprint density at radius 2 is 1.78 bits per heavy atom. The molecule has 8 nitrogen and oxygen atoms in total. The van der Waals surface area contributed by atoms with E-state index < -0.39 is 5.91 Å². The van der Waals surface area contributed by atoms with E-state index in [1.54, 1.807) is 36.7 Å². The number of carbonyl (C=O) groups is 2. The Morgan fingerprint density at radius 3 is 2.56 bits per heavy atom. The SMILES string of the molecule is NC(=O)c1cc2cc(Cl)ccc2cc1OCC(=O)c1cn(CCN2CCCC2)c2cc(Oc3cccnc3)ccc12. The van der Waals surface area contributed by atoms with Crippen LogP contribution < -0.4 is 15.2 Å². The van der Waals surface area contributed by atoms with Crippen molar-refractivity contribution in [3.63, 3.8) is 0 Å². The van der Waals surface area contributed by atoms with Crippen molar-refractivity contribution in [1.29, 1.82) is 0 Å². The van der Waals surface area contributed by atoms with Gasteiger partial charge in [-0.05, 0) is 85.2 Å². The molecule has 3 aromatic carbocycles. The molecule has 1 aliphatic rings. The van der Waals surface area contributed by atoms with Crippen LogP contribution in [-0.2, 0) is 6.54 Å². The summed E-state index contributed by atoms with van der Waals surface area (Å²) >= 11 is 6.11. The Hall–Kier alpha value is -4.40. The van der Waals surface area contributed by atoms with Gasteiger partial charge in [-0.1, -0.05) is 17.7 Å². The summed E-state index contributed by atoms with van der Waals surface area (Å²) in [5, 5.41) is 2.94. The molecule has 9 heteroatoms. The molecule has 1 fully saturated rings. The molecular formula is C32H29ClN4O4. The number of nitrogens with two attached hydrogens (primary N) is 1. The lowest BCUT2D eigenvalue weighted by Gasteiger charge is -2.15. The summed E-state index contributed by atoms with van der Waals surface area (Å²) in [5.74, 6) is 0.695. The summed E-state index contributed by atoms with van der Waals surface area (Å²) in [6.07, 6.45) is 7.67. The molecule has 2 aromatic heterocycles. The molecule has 208 valence electrons. The minimum absolute atomic E-state index is 0.192. The highest BCUT2D eigenvalue weighted by molar-refractivity contribution is 6.31. The molecule has 41 heavy (non-hydrogen) atoms. The fourth-order valence-corrected chi connectivity index (χ4v) is 5.50. The number of nitrogens with zero attached hydrogens (tertiary/aromatic N) is 3. The molecule has 0 radical (unpaired) electrons. The average molecular weight is 569 g/mol. The van der Waals surface area contributed by atoms with Crippen LogP contribution in [-0.4, -0.2) is 52.4 Å². The molecule has 1 saturated heterocycles. The molecule has 3 heterocycles. The van der Waals surface area contributed by atoms with E-state index >= 15 is 0 Å². The van der Waals surface area contributed by atoms with E-state index in [0.717, 1.165) is 47.9 Å². The van der Waals surface area contributed by atoms with Crippen molar-refractivity contribution >= 4 is 45.0 Å². The second-order valence-electron chi connectivity index (χ2n) is 10.2. The molecule has 0 bridgehead atoms. The third-order valence-electron chi connectivity index (χ3n) is 7.41. The number of ether oxygens (including phenoxy) is 2. The van der Waals surface area contributed by atoms with E-state index in [2.05, 4.69) is 14.5 Å². The highest BCUT2D eigenvalue weighted by Crippen LogP contribution is 2.31. The number of carbonyl (C=O) groups excluding carboxylic acids is 2. The van der Waals surface area contributed by atoms with E-state index in [0.29, 0.717) is 22.1 Å². The molecule has 0 unspecified atom stereocenters. The summed E-state index contributed by atoms with van der Waals surface area (Å²) in [6, 6.07) is 18.0. The highest BCUT2D eigenvalue weighted by atomic mass is 35.5. The molecule has 0 saturated carbocycles. The van der Waals surface area contributed by atoms with Crippen LogP contribution in [0.2, 0.25) is 5.02 Å². The molecule has 5 aromatic rings. The largest absolute Gasteiger partial charge is 0.485 e. The first kappa shape index (κ1) is 26.8. The first-order valence-electron chi connectivity index (χ1n) is 13.6. The van der Waals surface area contributed by atoms with Gasteiger partial charge in [-0.15, -0.1) is 0 Å². The molecule has 2 N–H and O–H groups in total. The standard InChI is InChI=1S/C32H29ClN4O4/c33-23-6-5-21-16-31(27(32(34)39)15-22(21)14-23)40-20-30(38)28-19-37(13-12-36-10-1-2-11-36)29-17-24(7-8-26(28)29)41-25-4-3-9-35-18-25/h3-9,14-19H,1-2,10-13,20H2,(H2,34,39). The normalized spacial score (nSPS) is 13.6. The Balaban J connectivity index is 1.29. The smallest absolute Gasteiger partial charge is 0.252 e. The van der Waals surface area contributed by atoms with Crippen molar-refractivity contribution in [3.05, 3.63) is 95.4 Å². The lowest BCUT2D eigenvalue weighted by Crippen LogP contribution is -2.23. The number of halogens is 1. The molecule has 1 amide bonds. The zero-order valence-electron chi connectivity index (χ0n) is 22.4. The van der Waals surface area contributed by atoms with Gasteiger partial charge in [0.2, 0.25) is 5.78 Å². The first-order chi connectivity index (χ1) is 19.9. The summed E-state index contributed by atoms with van der Waals surface area (Å²) < 4.78 is 14.1. The van der Waals surface area contributed by atoms with Gasteiger partial charge in [-0.2, -0.15) is 0 Å². The Labute approximate surface area is 242 Å². The number of ketones is 1. The van der Waals surface area contributed by atoms with Crippen LogP contribution in [0, 0.1) is 0 Å². The summed E-state index contributed by atoms with van der Waals surface area (Å²) in [4.78, 5) is 32.3. The van der Waals surface area contributed by atoms with Gasteiger partial charge in [0.05, 0.1) is 17.3 Å². The van der Waals surface area contributed by atoms with Crippen molar-refractivity contribution in [3.8, 4) is 17.2 Å². The van der Waals surface area contributed by atoms with Crippen molar-refractivity contribution in [1.82, 2.24) is 14.5 Å². The summed E-state index contributed by atoms with van der Waals surface area (Å²) in [6.45, 7) is 3.56. The van der Waals surface area contributed by atoms with E-state index in [1.807, 2.05) is 42.6 Å². The van der Waals surface area contributed by atoms with Gasteiger partial charge >= 0.3 is 0 Å². The van der Waals surface area contributed by atoms with Gasteiger partial charge in [-0.25, -0.2) is 0 Å². The van der Waals surface area contributed by atoms with Crippen LogP contribution in [0.4, 0.5) is 0 Å². The maximum Gasteiger partial charge on any atom is 0.252 e. The lowest BCUT2D eigenvalue weighted by atomic mass is 10.1. The molecule has 0 aliphatic carbocycles. The maximum atomic E-state index is 13.5. The monoisotopic (exact) mass is 568 g/mol. The lowest BCUT2D eigenvalue weighted by molar-refractivity contribution is 0.0913. The summed E-state index contributed by atoms with van der Waals surface area (Å²) in [5.41, 5.74) is 7.27. The van der Waals surface area contributed by atoms with E-state index in [-0.39, 0.29) is 23.7 Å². The number of hydrogen-bond acceptors (Lipinski definition) is 6. The van der Waals surface area contributed by atoms with Gasteiger partial charge < -0.3 is 24.7 Å². The zero-order valence-corrected chi connectivity index (χ0v) is 23.1.